The number of nitrogens with zero attached hydrogens (tertiary/aromatic N) is 1. The SMILES string of the molecule is COCC(C)NC(=S)N(C)C(C)CC(C)C. The molecule has 0 rings (SSSR count). The van der Waals surface area contributed by atoms with Crippen LogP contribution in [0.25, 0.3) is 0 Å². The Hall–Kier alpha value is -0.350. The summed E-state index contributed by atoms with van der Waals surface area (Å²) >= 11 is 5.36. The summed E-state index contributed by atoms with van der Waals surface area (Å²) in [6.07, 6.45) is 1.15. The predicted octanol–water partition coefficient (Wildman–Crippen LogP) is 2.26. The molecule has 3 nitrogen and oxygen atoms in total. The van der Waals surface area contributed by atoms with Crippen molar-refractivity contribution in [2.75, 3.05) is 20.8 Å². The molecule has 2 unspecified atom stereocenters. The third-order valence-electron chi connectivity index (χ3n) is 2.58. The Labute approximate surface area is 106 Å². The molecule has 0 aliphatic heterocycles. The van der Waals surface area contributed by atoms with E-state index in [2.05, 4.69) is 37.9 Å². The van der Waals surface area contributed by atoms with Gasteiger partial charge in [0.15, 0.2) is 5.11 Å². The summed E-state index contributed by atoms with van der Waals surface area (Å²) in [6.45, 7) is 9.40. The van der Waals surface area contributed by atoms with Crippen molar-refractivity contribution in [3.05, 3.63) is 0 Å². The minimum absolute atomic E-state index is 0.256. The first-order chi connectivity index (χ1) is 7.38. The van der Waals surface area contributed by atoms with Crippen LogP contribution in [0.15, 0.2) is 0 Å². The van der Waals surface area contributed by atoms with E-state index >= 15 is 0 Å². The second-order valence-electron chi connectivity index (χ2n) is 4.90. The van der Waals surface area contributed by atoms with E-state index in [0.29, 0.717) is 18.6 Å². The highest BCUT2D eigenvalue weighted by atomic mass is 32.1. The van der Waals surface area contributed by atoms with Gasteiger partial charge in [-0.3, -0.25) is 0 Å². The fourth-order valence-corrected chi connectivity index (χ4v) is 2.03. The van der Waals surface area contributed by atoms with Crippen LogP contribution in [0.2, 0.25) is 0 Å². The Morgan fingerprint density at radius 3 is 2.31 bits per heavy atom. The van der Waals surface area contributed by atoms with E-state index in [-0.39, 0.29) is 6.04 Å². The largest absolute Gasteiger partial charge is 0.383 e. The number of methoxy groups -OCH3 is 1. The topological polar surface area (TPSA) is 24.5 Å². The van der Waals surface area contributed by atoms with Gasteiger partial charge in [-0.25, -0.2) is 0 Å². The molecule has 1 N–H and O–H groups in total. The monoisotopic (exact) mass is 246 g/mol. The molecule has 0 aliphatic rings. The second-order valence-corrected chi connectivity index (χ2v) is 5.28. The van der Waals surface area contributed by atoms with E-state index in [1.54, 1.807) is 7.11 Å². The molecule has 16 heavy (non-hydrogen) atoms. The predicted molar refractivity (Wildman–Crippen MR) is 73.8 cm³/mol. The van der Waals surface area contributed by atoms with Gasteiger partial charge in [0.1, 0.15) is 0 Å². The number of thiocarbonyl (C=S) groups is 1. The molecule has 0 amide bonds. The summed E-state index contributed by atoms with van der Waals surface area (Å²) in [5.41, 5.74) is 0. The van der Waals surface area contributed by atoms with Gasteiger partial charge in [-0.2, -0.15) is 0 Å². The maximum atomic E-state index is 5.36. The van der Waals surface area contributed by atoms with Gasteiger partial charge < -0.3 is 15.0 Å². The van der Waals surface area contributed by atoms with Crippen LogP contribution in [0.3, 0.4) is 0 Å². The molecular formula is C12H26N2OS. The fraction of sp³-hybridized carbons (Fsp3) is 0.917. The van der Waals surface area contributed by atoms with Crippen LogP contribution in [-0.4, -0.2) is 42.9 Å². The number of rotatable bonds is 6. The Bertz CT molecular complexity index is 209. The maximum Gasteiger partial charge on any atom is 0.169 e. The number of hydrogen-bond acceptors (Lipinski definition) is 2. The van der Waals surface area contributed by atoms with E-state index in [1.165, 1.54) is 0 Å². The van der Waals surface area contributed by atoms with Gasteiger partial charge in [0.25, 0.3) is 0 Å². The van der Waals surface area contributed by atoms with Crippen molar-refractivity contribution < 1.29 is 4.74 Å². The summed E-state index contributed by atoms with van der Waals surface area (Å²) < 4.78 is 5.07. The van der Waals surface area contributed by atoms with Crippen molar-refractivity contribution in [1.29, 1.82) is 0 Å². The minimum atomic E-state index is 0.256. The number of ether oxygens (including phenoxy) is 1. The molecule has 0 aromatic rings. The fourth-order valence-electron chi connectivity index (χ4n) is 1.64. The molecule has 4 heteroatoms. The Kier molecular flexibility index (Phi) is 7.68. The van der Waals surface area contributed by atoms with Crippen LogP contribution in [0.4, 0.5) is 0 Å². The van der Waals surface area contributed by atoms with Crippen LogP contribution < -0.4 is 5.32 Å². The van der Waals surface area contributed by atoms with Gasteiger partial charge in [-0.15, -0.1) is 0 Å². The Morgan fingerprint density at radius 2 is 1.88 bits per heavy atom. The third-order valence-corrected chi connectivity index (χ3v) is 2.99. The van der Waals surface area contributed by atoms with E-state index in [0.717, 1.165) is 11.5 Å². The molecule has 96 valence electrons. The molecule has 0 bridgehead atoms. The van der Waals surface area contributed by atoms with Crippen molar-refractivity contribution >= 4 is 17.3 Å². The lowest BCUT2D eigenvalue weighted by Gasteiger charge is -2.30. The quantitative estimate of drug-likeness (QED) is 0.727. The van der Waals surface area contributed by atoms with Gasteiger partial charge in [0.2, 0.25) is 0 Å². The Morgan fingerprint density at radius 1 is 1.31 bits per heavy atom. The van der Waals surface area contributed by atoms with Crippen LogP contribution in [-0.2, 0) is 4.74 Å². The van der Waals surface area contributed by atoms with Gasteiger partial charge in [-0.1, -0.05) is 13.8 Å². The zero-order chi connectivity index (χ0) is 12.7. The lowest BCUT2D eigenvalue weighted by molar-refractivity contribution is 0.177. The smallest absolute Gasteiger partial charge is 0.169 e. The van der Waals surface area contributed by atoms with Gasteiger partial charge in [0.05, 0.1) is 6.61 Å². The molecule has 0 spiro atoms. The highest BCUT2D eigenvalue weighted by molar-refractivity contribution is 7.80. The first-order valence-corrected chi connectivity index (χ1v) is 6.31. The Balaban J connectivity index is 4.06. The molecule has 0 saturated carbocycles. The van der Waals surface area contributed by atoms with Crippen molar-refractivity contribution in [3.8, 4) is 0 Å². The lowest BCUT2D eigenvalue weighted by Crippen LogP contribution is -2.46. The molecule has 2 atom stereocenters. The van der Waals surface area contributed by atoms with Crippen LogP contribution in [0.1, 0.15) is 34.1 Å². The second kappa shape index (κ2) is 7.85. The van der Waals surface area contributed by atoms with E-state index < -0.39 is 0 Å². The molecule has 0 aliphatic carbocycles. The summed E-state index contributed by atoms with van der Waals surface area (Å²) in [7, 11) is 3.74. The molecule has 0 aromatic heterocycles. The third kappa shape index (κ3) is 6.28. The summed E-state index contributed by atoms with van der Waals surface area (Å²) in [5.74, 6) is 0.691. The van der Waals surface area contributed by atoms with E-state index in [9.17, 15) is 0 Å². The summed E-state index contributed by atoms with van der Waals surface area (Å²) in [5, 5.41) is 4.07. The lowest BCUT2D eigenvalue weighted by atomic mass is 10.0. The highest BCUT2D eigenvalue weighted by Crippen LogP contribution is 2.09. The van der Waals surface area contributed by atoms with Gasteiger partial charge in [-0.05, 0) is 38.4 Å². The first kappa shape index (κ1) is 15.7. The molecule has 0 heterocycles. The van der Waals surface area contributed by atoms with Gasteiger partial charge >= 0.3 is 0 Å². The number of hydrogen-bond donors (Lipinski definition) is 1. The van der Waals surface area contributed by atoms with Gasteiger partial charge in [0, 0.05) is 26.2 Å². The van der Waals surface area contributed by atoms with E-state index in [1.807, 2.05) is 7.05 Å². The average molecular weight is 246 g/mol. The maximum absolute atomic E-state index is 5.36. The zero-order valence-corrected chi connectivity index (χ0v) is 12.2. The number of nitrogens with one attached hydrogen (secondary N) is 1. The highest BCUT2D eigenvalue weighted by Gasteiger charge is 2.15. The molecule has 0 fully saturated rings. The minimum Gasteiger partial charge on any atom is -0.383 e. The summed E-state index contributed by atoms with van der Waals surface area (Å²) in [4.78, 5) is 2.13. The zero-order valence-electron chi connectivity index (χ0n) is 11.4. The normalized spacial score (nSPS) is 14.7. The average Bonchev–Trinajstić information content (AvgIpc) is 2.15. The van der Waals surface area contributed by atoms with Crippen molar-refractivity contribution in [3.63, 3.8) is 0 Å². The summed E-state index contributed by atoms with van der Waals surface area (Å²) in [6, 6.07) is 0.723. The molecule has 0 aromatic carbocycles. The van der Waals surface area contributed by atoms with E-state index in [4.69, 9.17) is 17.0 Å². The van der Waals surface area contributed by atoms with Crippen molar-refractivity contribution in [2.24, 2.45) is 5.92 Å². The van der Waals surface area contributed by atoms with Crippen LogP contribution in [0, 0.1) is 5.92 Å². The van der Waals surface area contributed by atoms with Crippen molar-refractivity contribution in [2.45, 2.75) is 46.2 Å². The molecule has 0 radical (unpaired) electrons. The van der Waals surface area contributed by atoms with Crippen LogP contribution >= 0.6 is 12.2 Å². The first-order valence-electron chi connectivity index (χ1n) is 5.90. The van der Waals surface area contributed by atoms with Crippen molar-refractivity contribution in [1.82, 2.24) is 10.2 Å². The van der Waals surface area contributed by atoms with Crippen LogP contribution in [0.5, 0.6) is 0 Å². The molecular weight excluding hydrogens is 220 g/mol. The molecule has 0 saturated heterocycles. The standard InChI is InChI=1S/C12H26N2OS/c1-9(2)7-11(4)14(5)12(16)13-10(3)8-15-6/h9-11H,7-8H2,1-6H3,(H,13,16).